The van der Waals surface area contributed by atoms with Crippen LogP contribution in [0, 0.1) is 0 Å². The van der Waals surface area contributed by atoms with Crippen LogP contribution in [-0.2, 0) is 29.0 Å². The molecule has 0 aromatic heterocycles. The van der Waals surface area contributed by atoms with Gasteiger partial charge in [-0.2, -0.15) is 9.61 Å². The van der Waals surface area contributed by atoms with Crippen LogP contribution < -0.4 is 0 Å². The maximum absolute atomic E-state index is 11.4. The summed E-state index contributed by atoms with van der Waals surface area (Å²) in [6, 6.07) is 0. The molecule has 0 aliphatic carbocycles. The van der Waals surface area contributed by atoms with Crippen molar-refractivity contribution in [3.63, 3.8) is 0 Å². The molecule has 0 aromatic carbocycles. The second kappa shape index (κ2) is 7.18. The molecule has 0 saturated heterocycles. The predicted molar refractivity (Wildman–Crippen MR) is 34.3 cm³/mol. The van der Waals surface area contributed by atoms with Crippen LogP contribution in [0.1, 0.15) is 0 Å². The molecule has 0 rings (SSSR count). The summed E-state index contributed by atoms with van der Waals surface area (Å²) in [5.74, 6) is -2.85. The van der Waals surface area contributed by atoms with E-state index in [0.29, 0.717) is 0 Å². The first kappa shape index (κ1) is 12.7. The van der Waals surface area contributed by atoms with Gasteiger partial charge in [-0.15, -0.1) is 0 Å². The summed E-state index contributed by atoms with van der Waals surface area (Å²) >= 11 is 0. The number of hydrogen-bond donors (Lipinski definition) is 1. The summed E-state index contributed by atoms with van der Waals surface area (Å²) in [5.41, 5.74) is 0. The molecule has 0 aliphatic rings. The Bertz CT molecular complexity index is 180. The van der Waals surface area contributed by atoms with Crippen molar-refractivity contribution in [1.29, 1.82) is 0 Å². The summed E-state index contributed by atoms with van der Waals surface area (Å²) in [4.78, 5) is 34.5. The molecule has 0 fully saturated rings. The molecule has 0 bridgehead atoms. The molecule has 0 atom stereocenters. The maximum Gasteiger partial charge on any atom is 0.713 e. The maximum atomic E-state index is 11.4. The highest BCUT2D eigenvalue weighted by Crippen LogP contribution is 1.91. The van der Waals surface area contributed by atoms with Gasteiger partial charge in [-0.25, -0.2) is 18.4 Å². The standard InChI is InChI=1S/C4H5BF2O7/c6-1-3(8)11-13-5(10)14-12-4(9)2-7/h10H,1-2H2. The van der Waals surface area contributed by atoms with Gasteiger partial charge in [0.1, 0.15) is 0 Å². The van der Waals surface area contributed by atoms with E-state index in [-0.39, 0.29) is 0 Å². The van der Waals surface area contributed by atoms with Gasteiger partial charge in [0.05, 0.1) is 0 Å². The largest absolute Gasteiger partial charge is 0.713 e. The van der Waals surface area contributed by atoms with E-state index in [4.69, 9.17) is 5.02 Å². The Morgan fingerprint density at radius 2 is 1.43 bits per heavy atom. The summed E-state index contributed by atoms with van der Waals surface area (Å²) < 4.78 is 22.8. The van der Waals surface area contributed by atoms with Crippen LogP contribution in [0.5, 0.6) is 0 Å². The van der Waals surface area contributed by atoms with E-state index >= 15 is 0 Å². The van der Waals surface area contributed by atoms with Gasteiger partial charge >= 0.3 is 19.3 Å². The quantitative estimate of drug-likeness (QED) is 0.339. The minimum absolute atomic E-state index is 1.43. The van der Waals surface area contributed by atoms with E-state index in [0.717, 1.165) is 0 Å². The Labute approximate surface area is 76.5 Å². The number of halogens is 2. The van der Waals surface area contributed by atoms with Crippen LogP contribution in [0.25, 0.3) is 0 Å². The van der Waals surface area contributed by atoms with E-state index in [1.807, 2.05) is 0 Å². The molecule has 0 unspecified atom stereocenters. The average Bonchev–Trinajstić information content (AvgIpc) is 2.22. The van der Waals surface area contributed by atoms with Gasteiger partial charge in [0.2, 0.25) is 0 Å². The third kappa shape index (κ3) is 6.28. The van der Waals surface area contributed by atoms with E-state index < -0.39 is 32.6 Å². The van der Waals surface area contributed by atoms with E-state index in [2.05, 4.69) is 19.4 Å². The summed E-state index contributed by atoms with van der Waals surface area (Å²) in [5, 5.41) is 8.49. The Kier molecular flexibility index (Phi) is 6.53. The lowest BCUT2D eigenvalue weighted by molar-refractivity contribution is -0.275. The molecule has 14 heavy (non-hydrogen) atoms. The first-order valence-electron chi connectivity index (χ1n) is 3.12. The van der Waals surface area contributed by atoms with Crippen LogP contribution in [0.3, 0.4) is 0 Å². The Morgan fingerprint density at radius 3 is 1.71 bits per heavy atom. The van der Waals surface area contributed by atoms with Crippen molar-refractivity contribution >= 4 is 19.3 Å². The summed E-state index contributed by atoms with van der Waals surface area (Å²) in [7, 11) is -2.28. The van der Waals surface area contributed by atoms with E-state index in [9.17, 15) is 18.4 Å². The van der Waals surface area contributed by atoms with Crippen molar-refractivity contribution in [2.75, 3.05) is 13.3 Å². The molecule has 0 aliphatic heterocycles. The number of carbonyl (C=O) groups is 2. The zero-order valence-corrected chi connectivity index (χ0v) is 6.64. The van der Waals surface area contributed by atoms with Crippen molar-refractivity contribution in [2.45, 2.75) is 0 Å². The summed E-state index contributed by atoms with van der Waals surface area (Å²) in [6.07, 6.45) is 0. The fourth-order valence-electron chi connectivity index (χ4n) is 0.250. The highest BCUT2D eigenvalue weighted by atomic mass is 19.1. The van der Waals surface area contributed by atoms with Crippen LogP contribution in [0.2, 0.25) is 0 Å². The van der Waals surface area contributed by atoms with Gasteiger partial charge in [-0.05, 0) is 0 Å². The lowest BCUT2D eigenvalue weighted by Gasteiger charge is -2.04. The van der Waals surface area contributed by atoms with Crippen molar-refractivity contribution in [1.82, 2.24) is 0 Å². The molecule has 7 nitrogen and oxygen atoms in total. The van der Waals surface area contributed by atoms with Crippen LogP contribution in [0.4, 0.5) is 8.78 Å². The minimum Gasteiger partial charge on any atom is -0.398 e. The highest BCUT2D eigenvalue weighted by molar-refractivity contribution is 6.34. The fourth-order valence-corrected chi connectivity index (χ4v) is 0.250. The smallest absolute Gasteiger partial charge is 0.398 e. The third-order valence-corrected chi connectivity index (χ3v) is 0.665. The Hall–Kier alpha value is -1.26. The van der Waals surface area contributed by atoms with Crippen molar-refractivity contribution in [3.8, 4) is 0 Å². The van der Waals surface area contributed by atoms with Gasteiger partial charge < -0.3 is 14.8 Å². The lowest BCUT2D eigenvalue weighted by Crippen LogP contribution is -2.27. The SMILES string of the molecule is O=C(CF)OOB(O)OOC(=O)CF. The Balaban J connectivity index is 3.50. The van der Waals surface area contributed by atoms with Gasteiger partial charge in [0.15, 0.2) is 13.3 Å². The van der Waals surface area contributed by atoms with Crippen molar-refractivity contribution < 1.29 is 42.8 Å². The predicted octanol–water partition coefficient (Wildman–Crippen LogP) is -1.15. The second-order valence-electron chi connectivity index (χ2n) is 1.68. The molecule has 80 valence electrons. The normalized spacial score (nSPS) is 9.36. The summed E-state index contributed by atoms with van der Waals surface area (Å²) in [6.45, 7) is -2.95. The molecule has 0 spiro atoms. The minimum atomic E-state index is -2.28. The number of alkyl halides is 2. The number of rotatable bonds is 6. The second-order valence-corrected chi connectivity index (χ2v) is 1.68. The molecular formula is C4H5BF2O7. The highest BCUT2D eigenvalue weighted by Gasteiger charge is 2.23. The van der Waals surface area contributed by atoms with Gasteiger partial charge in [0, 0.05) is 0 Å². The molecule has 0 radical (unpaired) electrons. The molecular weight excluding hydrogens is 209 g/mol. The number of hydrogen-bond acceptors (Lipinski definition) is 7. The van der Waals surface area contributed by atoms with Crippen LogP contribution >= 0.6 is 0 Å². The lowest BCUT2D eigenvalue weighted by atomic mass is 10.3. The zero-order valence-electron chi connectivity index (χ0n) is 6.64. The fraction of sp³-hybridized carbons (Fsp3) is 0.500. The molecule has 0 saturated carbocycles. The molecule has 0 heterocycles. The zero-order chi connectivity index (χ0) is 11.0. The van der Waals surface area contributed by atoms with Crippen molar-refractivity contribution in [3.05, 3.63) is 0 Å². The Morgan fingerprint density at radius 1 is 1.07 bits per heavy atom. The molecule has 10 heteroatoms. The molecule has 0 amide bonds. The topological polar surface area (TPSA) is 91.3 Å². The van der Waals surface area contributed by atoms with Gasteiger partial charge in [0.25, 0.3) is 0 Å². The van der Waals surface area contributed by atoms with Gasteiger partial charge in [-0.1, -0.05) is 0 Å². The molecule has 1 N–H and O–H groups in total. The van der Waals surface area contributed by atoms with E-state index in [1.165, 1.54) is 0 Å². The average molecular weight is 214 g/mol. The molecule has 0 aromatic rings. The monoisotopic (exact) mass is 214 g/mol. The van der Waals surface area contributed by atoms with Crippen molar-refractivity contribution in [2.24, 2.45) is 0 Å². The van der Waals surface area contributed by atoms with Crippen LogP contribution in [-0.4, -0.2) is 37.6 Å². The van der Waals surface area contributed by atoms with Gasteiger partial charge in [-0.3, -0.25) is 0 Å². The third-order valence-electron chi connectivity index (χ3n) is 0.665. The first-order valence-corrected chi connectivity index (χ1v) is 3.12. The number of carbonyl (C=O) groups excluding carboxylic acids is 2. The van der Waals surface area contributed by atoms with Crippen LogP contribution in [0.15, 0.2) is 0 Å². The first-order chi connectivity index (χ1) is 6.60. The van der Waals surface area contributed by atoms with E-state index in [1.54, 1.807) is 0 Å².